The molecule has 0 saturated carbocycles. The summed E-state index contributed by atoms with van der Waals surface area (Å²) in [7, 11) is 0. The first-order valence-electron chi connectivity index (χ1n) is 5.19. The van der Waals surface area contributed by atoms with Crippen LogP contribution in [-0.2, 0) is 9.53 Å². The normalized spacial score (nSPS) is 26.0. The zero-order chi connectivity index (χ0) is 10.6. The third-order valence-corrected chi connectivity index (χ3v) is 3.16. The summed E-state index contributed by atoms with van der Waals surface area (Å²) >= 11 is 0. The van der Waals surface area contributed by atoms with Crippen LogP contribution in [0.15, 0.2) is 0 Å². The monoisotopic (exact) mass is 201 g/mol. The Hall–Kier alpha value is -0.610. The van der Waals surface area contributed by atoms with Crippen molar-refractivity contribution in [3.05, 3.63) is 0 Å². The van der Waals surface area contributed by atoms with E-state index in [9.17, 15) is 4.79 Å². The van der Waals surface area contributed by atoms with Gasteiger partial charge in [0.2, 0.25) is 0 Å². The zero-order valence-corrected chi connectivity index (χ0v) is 8.66. The minimum Gasteiger partial charge on any atom is -0.481 e. The molecule has 4 heteroatoms. The second-order valence-electron chi connectivity index (χ2n) is 3.98. The van der Waals surface area contributed by atoms with Crippen LogP contribution >= 0.6 is 0 Å². The second-order valence-corrected chi connectivity index (χ2v) is 3.98. The van der Waals surface area contributed by atoms with Gasteiger partial charge < -0.3 is 15.6 Å². The van der Waals surface area contributed by atoms with Crippen molar-refractivity contribution in [2.24, 2.45) is 11.1 Å². The van der Waals surface area contributed by atoms with E-state index in [0.717, 1.165) is 19.4 Å². The second kappa shape index (κ2) is 4.75. The molecule has 1 rings (SSSR count). The molecule has 0 aromatic heterocycles. The molecule has 1 saturated heterocycles. The highest BCUT2D eigenvalue weighted by Gasteiger charge is 2.38. The van der Waals surface area contributed by atoms with Crippen molar-refractivity contribution < 1.29 is 14.6 Å². The zero-order valence-electron chi connectivity index (χ0n) is 8.66. The summed E-state index contributed by atoms with van der Waals surface area (Å²) in [5.41, 5.74) is 4.78. The Labute approximate surface area is 84.4 Å². The quantitative estimate of drug-likeness (QED) is 0.696. The van der Waals surface area contributed by atoms with Crippen LogP contribution in [0.4, 0.5) is 0 Å². The molecule has 1 aliphatic rings. The van der Waals surface area contributed by atoms with E-state index in [1.54, 1.807) is 0 Å². The summed E-state index contributed by atoms with van der Waals surface area (Å²) in [6.45, 7) is 2.82. The van der Waals surface area contributed by atoms with Gasteiger partial charge in [-0.25, -0.2) is 0 Å². The maximum Gasteiger partial charge on any atom is 0.311 e. The molecular formula is C10H19NO3. The van der Waals surface area contributed by atoms with Crippen molar-refractivity contribution in [3.63, 3.8) is 0 Å². The minimum atomic E-state index is -0.794. The van der Waals surface area contributed by atoms with Crippen LogP contribution in [0.3, 0.4) is 0 Å². The van der Waals surface area contributed by atoms with Crippen LogP contribution in [0.1, 0.15) is 32.6 Å². The Kier molecular flexibility index (Phi) is 3.89. The third kappa shape index (κ3) is 2.25. The van der Waals surface area contributed by atoms with Crippen LogP contribution in [-0.4, -0.2) is 30.3 Å². The standard InChI is InChI=1S/C10H19NO3/c1-2-10(7-11,9(12)13)6-8-4-3-5-14-8/h8H,2-7,11H2,1H3,(H,12,13). The van der Waals surface area contributed by atoms with Crippen molar-refractivity contribution in [3.8, 4) is 0 Å². The molecule has 1 heterocycles. The number of ether oxygens (including phenoxy) is 1. The van der Waals surface area contributed by atoms with Crippen LogP contribution in [0.25, 0.3) is 0 Å². The van der Waals surface area contributed by atoms with Gasteiger partial charge in [0, 0.05) is 13.2 Å². The van der Waals surface area contributed by atoms with Crippen LogP contribution in [0, 0.1) is 5.41 Å². The predicted molar refractivity (Wildman–Crippen MR) is 53.0 cm³/mol. The smallest absolute Gasteiger partial charge is 0.311 e. The highest BCUT2D eigenvalue weighted by Crippen LogP contribution is 2.31. The molecule has 2 atom stereocenters. The summed E-state index contributed by atoms with van der Waals surface area (Å²) in [6, 6.07) is 0. The summed E-state index contributed by atoms with van der Waals surface area (Å²) < 4.78 is 5.44. The number of aliphatic carboxylic acids is 1. The van der Waals surface area contributed by atoms with Gasteiger partial charge in [-0.15, -0.1) is 0 Å². The first kappa shape index (κ1) is 11.5. The van der Waals surface area contributed by atoms with E-state index in [0.29, 0.717) is 12.8 Å². The maximum absolute atomic E-state index is 11.1. The SMILES string of the molecule is CCC(CN)(CC1CCCO1)C(=O)O. The number of nitrogens with two attached hydrogens (primary N) is 1. The molecule has 4 nitrogen and oxygen atoms in total. The highest BCUT2D eigenvalue weighted by molar-refractivity contribution is 5.74. The predicted octanol–water partition coefficient (Wildman–Crippen LogP) is 0.995. The first-order chi connectivity index (χ1) is 6.64. The fourth-order valence-electron chi connectivity index (χ4n) is 1.94. The Morgan fingerprint density at radius 3 is 2.79 bits per heavy atom. The third-order valence-electron chi connectivity index (χ3n) is 3.16. The highest BCUT2D eigenvalue weighted by atomic mass is 16.5. The maximum atomic E-state index is 11.1. The molecular weight excluding hydrogens is 182 g/mol. The fraction of sp³-hybridized carbons (Fsp3) is 0.900. The minimum absolute atomic E-state index is 0.0922. The Morgan fingerprint density at radius 2 is 2.43 bits per heavy atom. The fourth-order valence-corrected chi connectivity index (χ4v) is 1.94. The molecule has 0 aromatic carbocycles. The van der Waals surface area contributed by atoms with E-state index in [1.165, 1.54) is 0 Å². The molecule has 1 aliphatic heterocycles. The van der Waals surface area contributed by atoms with Gasteiger partial charge in [-0.2, -0.15) is 0 Å². The van der Waals surface area contributed by atoms with Crippen LogP contribution in [0.2, 0.25) is 0 Å². The number of hydrogen-bond acceptors (Lipinski definition) is 3. The van der Waals surface area contributed by atoms with E-state index < -0.39 is 11.4 Å². The van der Waals surface area contributed by atoms with E-state index >= 15 is 0 Å². The molecule has 0 aliphatic carbocycles. The first-order valence-corrected chi connectivity index (χ1v) is 5.19. The van der Waals surface area contributed by atoms with Gasteiger partial charge >= 0.3 is 5.97 Å². The number of carboxylic acids is 1. The van der Waals surface area contributed by atoms with E-state index in [4.69, 9.17) is 15.6 Å². The molecule has 0 amide bonds. The molecule has 82 valence electrons. The van der Waals surface area contributed by atoms with Gasteiger partial charge in [-0.1, -0.05) is 6.92 Å². The molecule has 0 bridgehead atoms. The largest absolute Gasteiger partial charge is 0.481 e. The molecule has 0 spiro atoms. The lowest BCUT2D eigenvalue weighted by Crippen LogP contribution is -2.40. The lowest BCUT2D eigenvalue weighted by atomic mass is 9.79. The number of carbonyl (C=O) groups is 1. The van der Waals surface area contributed by atoms with Gasteiger partial charge in [0.05, 0.1) is 11.5 Å². The molecule has 1 fully saturated rings. The Balaban J connectivity index is 2.61. The van der Waals surface area contributed by atoms with Crippen molar-refractivity contribution in [1.82, 2.24) is 0 Å². The Morgan fingerprint density at radius 1 is 1.71 bits per heavy atom. The number of carboxylic acid groups (broad SMARTS) is 1. The topological polar surface area (TPSA) is 72.5 Å². The van der Waals surface area contributed by atoms with Gasteiger partial charge in [-0.3, -0.25) is 4.79 Å². The summed E-state index contributed by atoms with van der Waals surface area (Å²) in [5.74, 6) is -0.794. The molecule has 0 aromatic rings. The summed E-state index contributed by atoms with van der Waals surface area (Å²) in [5, 5.41) is 9.15. The van der Waals surface area contributed by atoms with Crippen molar-refractivity contribution >= 4 is 5.97 Å². The summed E-state index contributed by atoms with van der Waals surface area (Å²) in [6.07, 6.45) is 3.21. The number of hydrogen-bond donors (Lipinski definition) is 2. The lowest BCUT2D eigenvalue weighted by Gasteiger charge is -2.28. The van der Waals surface area contributed by atoms with Gasteiger partial charge in [0.25, 0.3) is 0 Å². The summed E-state index contributed by atoms with van der Waals surface area (Å²) in [4.78, 5) is 11.1. The average Bonchev–Trinajstić information content (AvgIpc) is 2.66. The van der Waals surface area contributed by atoms with Crippen molar-refractivity contribution in [2.45, 2.75) is 38.7 Å². The van der Waals surface area contributed by atoms with E-state index in [1.807, 2.05) is 6.92 Å². The van der Waals surface area contributed by atoms with Gasteiger partial charge in [-0.05, 0) is 25.7 Å². The molecule has 3 N–H and O–H groups in total. The van der Waals surface area contributed by atoms with Gasteiger partial charge in [0.15, 0.2) is 0 Å². The van der Waals surface area contributed by atoms with E-state index in [2.05, 4.69) is 0 Å². The lowest BCUT2D eigenvalue weighted by molar-refractivity contribution is -0.150. The van der Waals surface area contributed by atoms with Gasteiger partial charge in [0.1, 0.15) is 0 Å². The van der Waals surface area contributed by atoms with Crippen LogP contribution < -0.4 is 5.73 Å². The van der Waals surface area contributed by atoms with Crippen molar-refractivity contribution in [1.29, 1.82) is 0 Å². The van der Waals surface area contributed by atoms with Crippen LogP contribution in [0.5, 0.6) is 0 Å². The van der Waals surface area contributed by atoms with E-state index in [-0.39, 0.29) is 12.6 Å². The molecule has 14 heavy (non-hydrogen) atoms. The Bertz CT molecular complexity index is 196. The average molecular weight is 201 g/mol. The number of rotatable bonds is 5. The molecule has 2 unspecified atom stereocenters. The van der Waals surface area contributed by atoms with Crippen molar-refractivity contribution in [2.75, 3.05) is 13.2 Å². The molecule has 0 radical (unpaired) electrons.